The Bertz CT molecular complexity index is 884. The number of thioether (sulfide) groups is 1. The zero-order chi connectivity index (χ0) is 19.2. The first-order valence-electron chi connectivity index (χ1n) is 8.30. The minimum Gasteiger partial charge on any atom is -0.497 e. The quantitative estimate of drug-likeness (QED) is 0.592. The monoisotopic (exact) mass is 400 g/mol. The number of carbonyl (C=O) groups excluding carboxylic acids is 1. The van der Waals surface area contributed by atoms with Crippen molar-refractivity contribution in [3.8, 4) is 5.75 Å². The summed E-state index contributed by atoms with van der Waals surface area (Å²) in [5, 5.41) is 11.9. The van der Waals surface area contributed by atoms with Crippen LogP contribution in [0.15, 0.2) is 58.9 Å². The van der Waals surface area contributed by atoms with Gasteiger partial charge in [0.1, 0.15) is 5.75 Å². The van der Waals surface area contributed by atoms with Crippen LogP contribution in [0.3, 0.4) is 0 Å². The van der Waals surface area contributed by atoms with Gasteiger partial charge in [-0.15, -0.1) is 10.2 Å². The summed E-state index contributed by atoms with van der Waals surface area (Å²) < 4.78 is 5.89. The van der Waals surface area contributed by atoms with Gasteiger partial charge in [0.2, 0.25) is 11.0 Å². The molecule has 27 heavy (non-hydrogen) atoms. The van der Waals surface area contributed by atoms with Crippen molar-refractivity contribution in [3.63, 3.8) is 0 Å². The summed E-state index contributed by atoms with van der Waals surface area (Å²) >= 11 is 2.82. The van der Waals surface area contributed by atoms with Crippen molar-refractivity contribution in [1.82, 2.24) is 10.2 Å². The van der Waals surface area contributed by atoms with Crippen LogP contribution in [-0.4, -0.2) is 35.5 Å². The molecule has 1 N–H and O–H groups in total. The van der Waals surface area contributed by atoms with Crippen LogP contribution >= 0.6 is 23.1 Å². The summed E-state index contributed by atoms with van der Waals surface area (Å²) in [7, 11) is 3.42. The van der Waals surface area contributed by atoms with Gasteiger partial charge in [-0.3, -0.25) is 4.79 Å². The molecule has 140 valence electrons. The molecular formula is C19H20N4O2S2. The average Bonchev–Trinajstić information content (AvgIpc) is 3.14. The maximum Gasteiger partial charge on any atom is 0.240 e. The molecule has 1 atom stereocenters. The van der Waals surface area contributed by atoms with Crippen molar-refractivity contribution in [2.45, 2.75) is 16.5 Å². The molecule has 0 fully saturated rings. The fourth-order valence-electron chi connectivity index (χ4n) is 2.36. The summed E-state index contributed by atoms with van der Waals surface area (Å²) in [5.41, 5.74) is 1.77. The zero-order valence-corrected chi connectivity index (χ0v) is 16.9. The van der Waals surface area contributed by atoms with E-state index >= 15 is 0 Å². The summed E-state index contributed by atoms with van der Waals surface area (Å²) in [6.07, 6.45) is 0. The molecule has 3 aromatic rings. The Morgan fingerprint density at radius 2 is 1.85 bits per heavy atom. The molecule has 0 aliphatic carbocycles. The molecule has 8 heteroatoms. The molecule has 0 aliphatic heterocycles. The lowest BCUT2D eigenvalue weighted by atomic mass is 10.3. The molecule has 3 rings (SSSR count). The number of rotatable bonds is 7. The number of amides is 1. The lowest BCUT2D eigenvalue weighted by molar-refractivity contribution is -0.117. The lowest BCUT2D eigenvalue weighted by Gasteiger charge is -2.20. The number of benzene rings is 2. The Labute approximate surface area is 166 Å². The van der Waals surface area contributed by atoms with Crippen molar-refractivity contribution in [2.75, 3.05) is 24.4 Å². The zero-order valence-electron chi connectivity index (χ0n) is 15.2. The lowest BCUT2D eigenvalue weighted by Crippen LogP contribution is -2.33. The highest BCUT2D eigenvalue weighted by atomic mass is 32.2. The van der Waals surface area contributed by atoms with Crippen LogP contribution < -0.4 is 15.0 Å². The number of anilines is 3. The number of para-hydroxylation sites is 1. The van der Waals surface area contributed by atoms with Crippen LogP contribution in [0.1, 0.15) is 6.92 Å². The van der Waals surface area contributed by atoms with Crippen LogP contribution in [0.2, 0.25) is 0 Å². The standard InChI is InChI=1S/C19H20N4O2S2/c1-13(17(24)23(2)15-7-5-4-6-8-15)26-19-22-21-18(27-19)20-14-9-11-16(25-3)12-10-14/h4-13H,1-3H3,(H,20,21)/t13-/m0/s1. The van der Waals surface area contributed by atoms with Crippen molar-refractivity contribution >= 4 is 45.5 Å². The van der Waals surface area contributed by atoms with E-state index < -0.39 is 0 Å². The third-order valence-corrected chi connectivity index (χ3v) is 5.86. The molecule has 2 aromatic carbocycles. The summed E-state index contributed by atoms with van der Waals surface area (Å²) in [6.45, 7) is 1.88. The second kappa shape index (κ2) is 8.88. The number of hydrogen-bond donors (Lipinski definition) is 1. The Morgan fingerprint density at radius 3 is 2.52 bits per heavy atom. The third kappa shape index (κ3) is 4.99. The molecule has 6 nitrogen and oxygen atoms in total. The van der Waals surface area contributed by atoms with E-state index in [1.165, 1.54) is 23.1 Å². The first-order chi connectivity index (χ1) is 13.1. The smallest absolute Gasteiger partial charge is 0.240 e. The first-order valence-corrected chi connectivity index (χ1v) is 10.0. The number of hydrogen-bond acceptors (Lipinski definition) is 7. The van der Waals surface area contributed by atoms with Crippen molar-refractivity contribution in [2.24, 2.45) is 0 Å². The van der Waals surface area contributed by atoms with E-state index in [2.05, 4.69) is 15.5 Å². The van der Waals surface area contributed by atoms with Gasteiger partial charge in [-0.2, -0.15) is 0 Å². The minimum atomic E-state index is -0.267. The SMILES string of the molecule is COc1ccc(Nc2nnc(S[C@@H](C)C(=O)N(C)c3ccccc3)s2)cc1. The van der Waals surface area contributed by atoms with E-state index in [0.717, 1.165) is 21.5 Å². The Morgan fingerprint density at radius 1 is 1.15 bits per heavy atom. The maximum absolute atomic E-state index is 12.6. The van der Waals surface area contributed by atoms with Gasteiger partial charge in [0, 0.05) is 18.4 Å². The van der Waals surface area contributed by atoms with Gasteiger partial charge < -0.3 is 15.0 Å². The second-order valence-electron chi connectivity index (χ2n) is 5.72. The molecule has 0 aliphatic rings. The van der Waals surface area contributed by atoms with Gasteiger partial charge in [-0.25, -0.2) is 0 Å². The van der Waals surface area contributed by atoms with Crippen LogP contribution in [-0.2, 0) is 4.79 Å². The highest BCUT2D eigenvalue weighted by Gasteiger charge is 2.21. The minimum absolute atomic E-state index is 0.0195. The number of ether oxygens (including phenoxy) is 1. The van der Waals surface area contributed by atoms with Crippen molar-refractivity contribution in [1.29, 1.82) is 0 Å². The highest BCUT2D eigenvalue weighted by Crippen LogP contribution is 2.31. The number of nitrogens with zero attached hydrogens (tertiary/aromatic N) is 3. The van der Waals surface area contributed by atoms with Crippen LogP contribution in [0.4, 0.5) is 16.5 Å². The number of methoxy groups -OCH3 is 1. The molecule has 0 radical (unpaired) electrons. The van der Waals surface area contributed by atoms with E-state index in [0.29, 0.717) is 5.13 Å². The molecule has 0 saturated heterocycles. The van der Waals surface area contributed by atoms with E-state index in [-0.39, 0.29) is 11.2 Å². The van der Waals surface area contributed by atoms with Crippen LogP contribution in [0, 0.1) is 0 Å². The molecule has 1 aromatic heterocycles. The maximum atomic E-state index is 12.6. The topological polar surface area (TPSA) is 67.3 Å². The Hall–Kier alpha value is -2.58. The predicted octanol–water partition coefficient (Wildman–Crippen LogP) is 4.43. The molecule has 1 amide bonds. The van der Waals surface area contributed by atoms with Crippen molar-refractivity contribution in [3.05, 3.63) is 54.6 Å². The van der Waals surface area contributed by atoms with Crippen LogP contribution in [0.25, 0.3) is 0 Å². The van der Waals surface area contributed by atoms with Crippen LogP contribution in [0.5, 0.6) is 5.75 Å². The van der Waals surface area contributed by atoms with E-state index in [1.54, 1.807) is 19.1 Å². The average molecular weight is 401 g/mol. The Balaban J connectivity index is 1.60. The molecule has 0 unspecified atom stereocenters. The molecule has 0 saturated carbocycles. The van der Waals surface area contributed by atoms with E-state index in [9.17, 15) is 4.79 Å². The van der Waals surface area contributed by atoms with Crippen molar-refractivity contribution < 1.29 is 9.53 Å². The number of aromatic nitrogens is 2. The largest absolute Gasteiger partial charge is 0.497 e. The van der Waals surface area contributed by atoms with Gasteiger partial charge in [-0.1, -0.05) is 41.3 Å². The fourth-order valence-corrected chi connectivity index (χ4v) is 4.37. The third-order valence-electron chi connectivity index (χ3n) is 3.85. The number of nitrogens with one attached hydrogen (secondary N) is 1. The predicted molar refractivity (Wildman–Crippen MR) is 111 cm³/mol. The molecule has 1 heterocycles. The normalized spacial score (nSPS) is 11.7. The highest BCUT2D eigenvalue weighted by molar-refractivity contribution is 8.02. The second-order valence-corrected chi connectivity index (χ2v) is 8.28. The Kier molecular flexibility index (Phi) is 6.31. The molecule has 0 bridgehead atoms. The van der Waals surface area contributed by atoms with Gasteiger partial charge in [0.15, 0.2) is 4.34 Å². The molecule has 0 spiro atoms. The van der Waals surface area contributed by atoms with E-state index in [1.807, 2.05) is 61.5 Å². The van der Waals surface area contributed by atoms with Gasteiger partial charge in [0.25, 0.3) is 0 Å². The molecular weight excluding hydrogens is 380 g/mol. The van der Waals surface area contributed by atoms with Gasteiger partial charge in [-0.05, 0) is 43.3 Å². The first kappa shape index (κ1) is 19.2. The van der Waals surface area contributed by atoms with Gasteiger partial charge in [0.05, 0.1) is 12.4 Å². The summed E-state index contributed by atoms with van der Waals surface area (Å²) in [6, 6.07) is 17.2. The van der Waals surface area contributed by atoms with E-state index in [4.69, 9.17) is 4.74 Å². The summed E-state index contributed by atoms with van der Waals surface area (Å²) in [5.74, 6) is 0.815. The number of carbonyl (C=O) groups is 1. The van der Waals surface area contributed by atoms with Gasteiger partial charge >= 0.3 is 0 Å². The fraction of sp³-hybridized carbons (Fsp3) is 0.211. The summed E-state index contributed by atoms with van der Waals surface area (Å²) in [4.78, 5) is 14.3.